The number of benzene rings is 2. The standard InChI is InChI=1S/C20H24ClNO2/c1-14-19(23)20(2,11-12-24-14)22-13-15-3-5-16(6-4-15)17-7-9-18(21)10-8-17/h3-10,14,19,22-23H,11-13H2,1-2H3/t14-,19-,20-/m0/s1. The van der Waals surface area contributed by atoms with E-state index >= 15 is 0 Å². The summed E-state index contributed by atoms with van der Waals surface area (Å²) in [4.78, 5) is 0. The van der Waals surface area contributed by atoms with Crippen molar-refractivity contribution in [1.29, 1.82) is 0 Å². The maximum Gasteiger partial charge on any atom is 0.0978 e. The van der Waals surface area contributed by atoms with Crippen LogP contribution in [0, 0.1) is 0 Å². The number of nitrogens with one attached hydrogen (secondary N) is 1. The summed E-state index contributed by atoms with van der Waals surface area (Å²) in [5.41, 5.74) is 3.20. The molecule has 2 aromatic carbocycles. The summed E-state index contributed by atoms with van der Waals surface area (Å²) in [5, 5.41) is 14.7. The van der Waals surface area contributed by atoms with Crippen molar-refractivity contribution < 1.29 is 9.84 Å². The van der Waals surface area contributed by atoms with Crippen LogP contribution in [-0.4, -0.2) is 29.5 Å². The van der Waals surface area contributed by atoms with Gasteiger partial charge in [-0.1, -0.05) is 48.0 Å². The van der Waals surface area contributed by atoms with E-state index in [2.05, 4.69) is 36.5 Å². The molecule has 0 aromatic heterocycles. The molecule has 0 bridgehead atoms. The summed E-state index contributed by atoms with van der Waals surface area (Å²) in [5.74, 6) is 0. The van der Waals surface area contributed by atoms with Crippen LogP contribution in [0.4, 0.5) is 0 Å². The Balaban J connectivity index is 1.65. The average molecular weight is 346 g/mol. The molecule has 3 atom stereocenters. The predicted molar refractivity (Wildman–Crippen MR) is 98.2 cm³/mol. The van der Waals surface area contributed by atoms with Gasteiger partial charge < -0.3 is 15.2 Å². The van der Waals surface area contributed by atoms with Crippen molar-refractivity contribution in [3.05, 3.63) is 59.1 Å². The smallest absolute Gasteiger partial charge is 0.0978 e. The summed E-state index contributed by atoms with van der Waals surface area (Å²) >= 11 is 5.94. The second-order valence-corrected chi connectivity index (χ2v) is 7.18. The summed E-state index contributed by atoms with van der Waals surface area (Å²) < 4.78 is 5.51. The summed E-state index contributed by atoms with van der Waals surface area (Å²) in [6.07, 6.45) is 0.171. The van der Waals surface area contributed by atoms with Crippen LogP contribution >= 0.6 is 11.6 Å². The highest BCUT2D eigenvalue weighted by Gasteiger charge is 2.39. The van der Waals surface area contributed by atoms with E-state index in [0.717, 1.165) is 23.6 Å². The zero-order chi connectivity index (χ0) is 17.2. The van der Waals surface area contributed by atoms with E-state index in [-0.39, 0.29) is 11.6 Å². The van der Waals surface area contributed by atoms with Gasteiger partial charge in [-0.15, -0.1) is 0 Å². The first kappa shape index (κ1) is 17.4. The molecule has 1 heterocycles. The monoisotopic (exact) mass is 345 g/mol. The molecule has 0 aliphatic carbocycles. The van der Waals surface area contributed by atoms with Crippen LogP contribution in [0.3, 0.4) is 0 Å². The third-order valence-corrected chi connectivity index (χ3v) is 5.18. The number of aliphatic hydroxyl groups excluding tert-OH is 1. The zero-order valence-corrected chi connectivity index (χ0v) is 14.9. The number of halogens is 1. The fraction of sp³-hybridized carbons (Fsp3) is 0.400. The van der Waals surface area contributed by atoms with Crippen molar-refractivity contribution in [3.63, 3.8) is 0 Å². The lowest BCUT2D eigenvalue weighted by Gasteiger charge is -2.42. The SMILES string of the molecule is C[C@@H]1OCC[C@](C)(NCc2ccc(-c3ccc(Cl)cc3)cc2)[C@H]1O. The molecule has 0 unspecified atom stereocenters. The van der Waals surface area contributed by atoms with Crippen molar-refractivity contribution >= 4 is 11.6 Å². The minimum absolute atomic E-state index is 0.136. The Morgan fingerprint density at radius 3 is 2.33 bits per heavy atom. The number of hydrogen-bond acceptors (Lipinski definition) is 3. The van der Waals surface area contributed by atoms with Gasteiger partial charge in [-0.3, -0.25) is 0 Å². The molecule has 0 saturated carbocycles. The first-order valence-electron chi connectivity index (χ1n) is 8.37. The van der Waals surface area contributed by atoms with Gasteiger partial charge in [0.2, 0.25) is 0 Å². The zero-order valence-electron chi connectivity index (χ0n) is 14.1. The van der Waals surface area contributed by atoms with Gasteiger partial charge in [-0.2, -0.15) is 0 Å². The number of aliphatic hydroxyl groups is 1. The number of hydrogen-bond donors (Lipinski definition) is 2. The Hall–Kier alpha value is -1.39. The van der Waals surface area contributed by atoms with E-state index in [9.17, 15) is 5.11 Å². The highest BCUT2D eigenvalue weighted by molar-refractivity contribution is 6.30. The third kappa shape index (κ3) is 3.81. The van der Waals surface area contributed by atoms with E-state index in [1.807, 2.05) is 31.2 Å². The molecule has 1 fully saturated rings. The van der Waals surface area contributed by atoms with Crippen molar-refractivity contribution in [2.45, 2.75) is 44.6 Å². The van der Waals surface area contributed by atoms with Gasteiger partial charge in [-0.05, 0) is 49.1 Å². The number of ether oxygens (including phenoxy) is 1. The van der Waals surface area contributed by atoms with Gasteiger partial charge in [0.1, 0.15) is 0 Å². The van der Waals surface area contributed by atoms with Gasteiger partial charge in [0, 0.05) is 23.7 Å². The maximum atomic E-state index is 10.4. The predicted octanol–water partition coefficient (Wildman–Crippen LogP) is 4.03. The van der Waals surface area contributed by atoms with Crippen LogP contribution < -0.4 is 5.32 Å². The van der Waals surface area contributed by atoms with Crippen molar-refractivity contribution in [1.82, 2.24) is 5.32 Å². The van der Waals surface area contributed by atoms with Crippen LogP contribution in [0.1, 0.15) is 25.8 Å². The second-order valence-electron chi connectivity index (χ2n) is 6.75. The molecule has 0 amide bonds. The van der Waals surface area contributed by atoms with E-state index in [1.165, 1.54) is 11.1 Å². The van der Waals surface area contributed by atoms with E-state index in [0.29, 0.717) is 6.61 Å². The van der Waals surface area contributed by atoms with E-state index in [1.54, 1.807) is 0 Å². The highest BCUT2D eigenvalue weighted by atomic mass is 35.5. The molecule has 4 heteroatoms. The molecule has 3 rings (SSSR count). The normalized spacial score (nSPS) is 27.2. The van der Waals surface area contributed by atoms with Gasteiger partial charge in [0.25, 0.3) is 0 Å². The number of rotatable bonds is 4. The first-order valence-corrected chi connectivity index (χ1v) is 8.75. The Bertz CT molecular complexity index is 671. The topological polar surface area (TPSA) is 41.5 Å². The molecule has 1 aliphatic rings. The largest absolute Gasteiger partial charge is 0.389 e. The fourth-order valence-corrected chi connectivity index (χ4v) is 3.29. The maximum absolute atomic E-state index is 10.4. The Labute approximate surface area is 148 Å². The molecule has 3 nitrogen and oxygen atoms in total. The lowest BCUT2D eigenvalue weighted by molar-refractivity contribution is -0.112. The van der Waals surface area contributed by atoms with Crippen LogP contribution in [0.25, 0.3) is 11.1 Å². The molecule has 1 saturated heterocycles. The van der Waals surface area contributed by atoms with Gasteiger partial charge >= 0.3 is 0 Å². The molecule has 2 aromatic rings. The van der Waals surface area contributed by atoms with Gasteiger partial charge in [-0.25, -0.2) is 0 Å². The first-order chi connectivity index (χ1) is 11.5. The van der Waals surface area contributed by atoms with Crippen LogP contribution in [0.15, 0.2) is 48.5 Å². The molecule has 0 radical (unpaired) electrons. The molecule has 1 aliphatic heterocycles. The summed E-state index contributed by atoms with van der Waals surface area (Å²) in [6, 6.07) is 16.3. The molecule has 128 valence electrons. The minimum Gasteiger partial charge on any atom is -0.389 e. The molecular formula is C20H24ClNO2. The Morgan fingerprint density at radius 2 is 1.71 bits per heavy atom. The summed E-state index contributed by atoms with van der Waals surface area (Å²) in [6.45, 7) is 5.39. The van der Waals surface area contributed by atoms with Gasteiger partial charge in [0.15, 0.2) is 0 Å². The average Bonchev–Trinajstić information content (AvgIpc) is 2.59. The van der Waals surface area contributed by atoms with Crippen LogP contribution in [0.5, 0.6) is 0 Å². The highest BCUT2D eigenvalue weighted by Crippen LogP contribution is 2.26. The lowest BCUT2D eigenvalue weighted by Crippen LogP contribution is -2.59. The summed E-state index contributed by atoms with van der Waals surface area (Å²) in [7, 11) is 0. The van der Waals surface area contributed by atoms with Gasteiger partial charge in [0.05, 0.1) is 12.2 Å². The Kier molecular flexibility index (Phi) is 5.26. The van der Waals surface area contributed by atoms with Crippen molar-refractivity contribution in [3.8, 4) is 11.1 Å². The van der Waals surface area contributed by atoms with Crippen LogP contribution in [0.2, 0.25) is 5.02 Å². The third-order valence-electron chi connectivity index (χ3n) is 4.93. The quantitative estimate of drug-likeness (QED) is 0.879. The second kappa shape index (κ2) is 7.24. The molecular weight excluding hydrogens is 322 g/mol. The fourth-order valence-electron chi connectivity index (χ4n) is 3.17. The van der Waals surface area contributed by atoms with Crippen LogP contribution in [-0.2, 0) is 11.3 Å². The Morgan fingerprint density at radius 1 is 1.12 bits per heavy atom. The molecule has 24 heavy (non-hydrogen) atoms. The molecule has 0 spiro atoms. The molecule has 2 N–H and O–H groups in total. The minimum atomic E-state index is -0.500. The van der Waals surface area contributed by atoms with Crippen molar-refractivity contribution in [2.24, 2.45) is 0 Å². The van der Waals surface area contributed by atoms with E-state index < -0.39 is 6.10 Å². The van der Waals surface area contributed by atoms with E-state index in [4.69, 9.17) is 16.3 Å². The van der Waals surface area contributed by atoms with Crippen molar-refractivity contribution in [2.75, 3.05) is 6.61 Å². The lowest BCUT2D eigenvalue weighted by atomic mass is 9.85.